The van der Waals surface area contributed by atoms with Crippen LogP contribution in [0.4, 0.5) is 16.6 Å². The minimum atomic E-state index is 0.00384. The van der Waals surface area contributed by atoms with E-state index in [0.717, 1.165) is 5.69 Å². The van der Waals surface area contributed by atoms with Gasteiger partial charge in [-0.1, -0.05) is 35.9 Å². The summed E-state index contributed by atoms with van der Waals surface area (Å²) in [6.07, 6.45) is 0.420. The van der Waals surface area contributed by atoms with E-state index in [0.29, 0.717) is 21.5 Å². The second-order valence-electron chi connectivity index (χ2n) is 3.65. The molecule has 3 N–H and O–H groups in total. The molecule has 2 aromatic rings. The molecule has 4 nitrogen and oxygen atoms in total. The third-order valence-electron chi connectivity index (χ3n) is 2.30. The number of rotatable bonds is 4. The summed E-state index contributed by atoms with van der Waals surface area (Å²) in [7, 11) is 0. The fourth-order valence-electron chi connectivity index (χ4n) is 1.44. The maximum Gasteiger partial charge on any atom is 0.189 e. The number of nitrogens with one attached hydrogen (secondary N) is 1. The lowest BCUT2D eigenvalue weighted by atomic mass is 10.3. The van der Waals surface area contributed by atoms with Crippen molar-refractivity contribution in [2.75, 3.05) is 11.1 Å². The van der Waals surface area contributed by atoms with E-state index in [2.05, 4.69) is 10.3 Å². The van der Waals surface area contributed by atoms with E-state index >= 15 is 0 Å². The molecule has 2 rings (SSSR count). The number of Topliss-reactive ketones (excluding diaryl/α,β-unsaturated/α-hetero) is 1. The summed E-state index contributed by atoms with van der Waals surface area (Å²) in [4.78, 5) is 16.2. The van der Waals surface area contributed by atoms with Crippen LogP contribution >= 0.6 is 22.9 Å². The zero-order chi connectivity index (χ0) is 13.1. The van der Waals surface area contributed by atoms with Crippen LogP contribution in [0.1, 0.15) is 23.0 Å². The fourth-order valence-corrected chi connectivity index (χ4v) is 2.54. The molecule has 1 heterocycles. The molecular formula is C12H12ClN3OS. The molecule has 0 amide bonds. The van der Waals surface area contributed by atoms with Gasteiger partial charge in [0.2, 0.25) is 0 Å². The topological polar surface area (TPSA) is 68.0 Å². The van der Waals surface area contributed by atoms with Gasteiger partial charge < -0.3 is 11.1 Å². The first-order chi connectivity index (χ1) is 8.60. The summed E-state index contributed by atoms with van der Waals surface area (Å²) in [6.45, 7) is 1.80. The van der Waals surface area contributed by atoms with E-state index in [-0.39, 0.29) is 11.6 Å². The van der Waals surface area contributed by atoms with E-state index in [1.165, 1.54) is 11.3 Å². The van der Waals surface area contributed by atoms with Crippen molar-refractivity contribution in [1.29, 1.82) is 0 Å². The minimum absolute atomic E-state index is 0.00384. The monoisotopic (exact) mass is 281 g/mol. The lowest BCUT2D eigenvalue weighted by Crippen LogP contribution is -1.98. The van der Waals surface area contributed by atoms with Gasteiger partial charge in [0.05, 0.1) is 0 Å². The van der Waals surface area contributed by atoms with Gasteiger partial charge in [0.25, 0.3) is 0 Å². The van der Waals surface area contributed by atoms with Crippen LogP contribution < -0.4 is 11.1 Å². The normalized spacial score (nSPS) is 10.3. The number of carbonyl (C=O) groups excluding carboxylic acids is 1. The molecule has 1 aromatic carbocycles. The minimum Gasteiger partial charge on any atom is -0.382 e. The van der Waals surface area contributed by atoms with Gasteiger partial charge in [-0.05, 0) is 18.2 Å². The summed E-state index contributed by atoms with van der Waals surface area (Å²) in [5.41, 5.74) is 6.53. The molecule has 1 aromatic heterocycles. The third kappa shape index (κ3) is 2.80. The second kappa shape index (κ2) is 5.37. The standard InChI is InChI=1S/C12H12ClN3OS/c1-2-9(17)10-11(14)16-12(18-10)15-8-5-3-4-7(13)6-8/h3-6H,2,14H2,1H3,(H,15,16). The van der Waals surface area contributed by atoms with Crippen LogP contribution in [0.2, 0.25) is 5.02 Å². The Morgan fingerprint density at radius 2 is 2.33 bits per heavy atom. The van der Waals surface area contributed by atoms with Gasteiger partial charge in [-0.3, -0.25) is 4.79 Å². The molecule has 18 heavy (non-hydrogen) atoms. The van der Waals surface area contributed by atoms with Crippen molar-refractivity contribution in [3.05, 3.63) is 34.2 Å². The van der Waals surface area contributed by atoms with E-state index in [1.807, 2.05) is 12.1 Å². The number of benzene rings is 1. The largest absolute Gasteiger partial charge is 0.382 e. The van der Waals surface area contributed by atoms with Crippen molar-refractivity contribution in [3.63, 3.8) is 0 Å². The lowest BCUT2D eigenvalue weighted by Gasteiger charge is -2.01. The Morgan fingerprint density at radius 3 is 3.00 bits per heavy atom. The second-order valence-corrected chi connectivity index (χ2v) is 5.08. The van der Waals surface area contributed by atoms with Gasteiger partial charge >= 0.3 is 0 Å². The Bertz CT molecular complexity index is 582. The Labute approximate surface area is 114 Å². The average Bonchev–Trinajstić information content (AvgIpc) is 2.69. The molecule has 0 saturated carbocycles. The van der Waals surface area contributed by atoms with E-state index in [1.54, 1.807) is 19.1 Å². The first-order valence-electron chi connectivity index (χ1n) is 5.42. The maximum atomic E-state index is 11.6. The number of nitrogens with two attached hydrogens (primary N) is 1. The highest BCUT2D eigenvalue weighted by atomic mass is 35.5. The SMILES string of the molecule is CCC(=O)c1sc(Nc2cccc(Cl)c2)nc1N. The van der Waals surface area contributed by atoms with E-state index in [9.17, 15) is 4.79 Å². The van der Waals surface area contributed by atoms with Crippen molar-refractivity contribution < 1.29 is 4.79 Å². The zero-order valence-electron chi connectivity index (χ0n) is 9.74. The van der Waals surface area contributed by atoms with Crippen LogP contribution in [-0.2, 0) is 0 Å². The van der Waals surface area contributed by atoms with Gasteiger partial charge in [-0.2, -0.15) is 0 Å². The molecule has 0 atom stereocenters. The molecule has 0 aliphatic heterocycles. The van der Waals surface area contributed by atoms with Crippen LogP contribution in [0, 0.1) is 0 Å². The zero-order valence-corrected chi connectivity index (χ0v) is 11.3. The summed E-state index contributed by atoms with van der Waals surface area (Å²) < 4.78 is 0. The molecule has 0 fully saturated rings. The number of nitrogens with zero attached hydrogens (tertiary/aromatic N) is 1. The number of carbonyl (C=O) groups is 1. The average molecular weight is 282 g/mol. The lowest BCUT2D eigenvalue weighted by molar-refractivity contribution is 0.0992. The molecule has 0 saturated heterocycles. The predicted molar refractivity (Wildman–Crippen MR) is 75.9 cm³/mol. The highest BCUT2D eigenvalue weighted by Gasteiger charge is 2.14. The molecule has 94 valence electrons. The maximum absolute atomic E-state index is 11.6. The number of thiazole rings is 1. The highest BCUT2D eigenvalue weighted by Crippen LogP contribution is 2.29. The van der Waals surface area contributed by atoms with E-state index in [4.69, 9.17) is 17.3 Å². The van der Waals surface area contributed by atoms with Crippen molar-refractivity contribution in [2.24, 2.45) is 0 Å². The van der Waals surface area contributed by atoms with Crippen LogP contribution in [0.25, 0.3) is 0 Å². The Hall–Kier alpha value is -1.59. The number of nitrogen functional groups attached to an aromatic ring is 1. The highest BCUT2D eigenvalue weighted by molar-refractivity contribution is 7.18. The van der Waals surface area contributed by atoms with Gasteiger partial charge in [0, 0.05) is 17.1 Å². The van der Waals surface area contributed by atoms with Gasteiger partial charge in [-0.15, -0.1) is 0 Å². The van der Waals surface area contributed by atoms with Crippen LogP contribution in [0.5, 0.6) is 0 Å². The predicted octanol–water partition coefficient (Wildman–Crippen LogP) is 3.72. The van der Waals surface area contributed by atoms with E-state index < -0.39 is 0 Å². The Balaban J connectivity index is 2.23. The van der Waals surface area contributed by atoms with Gasteiger partial charge in [0.15, 0.2) is 10.9 Å². The number of aromatic nitrogens is 1. The quantitative estimate of drug-likeness (QED) is 0.838. The molecule has 0 aliphatic carbocycles. The fraction of sp³-hybridized carbons (Fsp3) is 0.167. The first-order valence-corrected chi connectivity index (χ1v) is 6.61. The van der Waals surface area contributed by atoms with Crippen molar-refractivity contribution >= 4 is 45.4 Å². The summed E-state index contributed by atoms with van der Waals surface area (Å²) in [6, 6.07) is 7.26. The number of anilines is 3. The Morgan fingerprint density at radius 1 is 1.56 bits per heavy atom. The van der Waals surface area contributed by atoms with Crippen LogP contribution in [-0.4, -0.2) is 10.8 Å². The number of halogens is 1. The molecule has 0 aliphatic rings. The summed E-state index contributed by atoms with van der Waals surface area (Å²) in [5, 5.41) is 4.30. The molecule has 0 radical (unpaired) electrons. The number of hydrogen-bond donors (Lipinski definition) is 2. The van der Waals surface area contributed by atoms with Crippen molar-refractivity contribution in [3.8, 4) is 0 Å². The third-order valence-corrected chi connectivity index (χ3v) is 3.57. The molecule has 6 heteroatoms. The van der Waals surface area contributed by atoms with Gasteiger partial charge in [0.1, 0.15) is 10.7 Å². The smallest absolute Gasteiger partial charge is 0.189 e. The number of ketones is 1. The molecular weight excluding hydrogens is 270 g/mol. The van der Waals surface area contributed by atoms with Crippen molar-refractivity contribution in [1.82, 2.24) is 4.98 Å². The van der Waals surface area contributed by atoms with Crippen molar-refractivity contribution in [2.45, 2.75) is 13.3 Å². The number of hydrogen-bond acceptors (Lipinski definition) is 5. The van der Waals surface area contributed by atoms with Gasteiger partial charge in [-0.25, -0.2) is 4.98 Å². The molecule has 0 spiro atoms. The first kappa shape index (κ1) is 12.9. The molecule has 0 unspecified atom stereocenters. The van der Waals surface area contributed by atoms with Crippen LogP contribution in [0.3, 0.4) is 0 Å². The summed E-state index contributed by atoms with van der Waals surface area (Å²) in [5.74, 6) is 0.278. The molecule has 0 bridgehead atoms. The summed E-state index contributed by atoms with van der Waals surface area (Å²) >= 11 is 7.14. The van der Waals surface area contributed by atoms with Crippen LogP contribution in [0.15, 0.2) is 24.3 Å². The Kier molecular flexibility index (Phi) is 3.84.